The first kappa shape index (κ1) is 14.9. The summed E-state index contributed by atoms with van der Waals surface area (Å²) in [5.74, 6) is 0.281. The zero-order valence-corrected chi connectivity index (χ0v) is 11.8. The topological polar surface area (TPSA) is 75.6 Å². The first-order chi connectivity index (χ1) is 8.15. The minimum Gasteiger partial charge on any atom is -0.495 e. The third kappa shape index (κ3) is 3.97. The molecule has 1 rings (SSSR count). The van der Waals surface area contributed by atoms with Gasteiger partial charge in [-0.05, 0) is 38.5 Å². The Morgan fingerprint density at radius 1 is 1.39 bits per heavy atom. The molecule has 0 saturated heterocycles. The van der Waals surface area contributed by atoms with Crippen LogP contribution in [0.15, 0.2) is 23.1 Å². The number of nitrogens with one attached hydrogen (secondary N) is 1. The molecule has 102 valence electrons. The summed E-state index contributed by atoms with van der Waals surface area (Å²) in [7, 11) is -2.28. The molecule has 0 heterocycles. The van der Waals surface area contributed by atoms with E-state index in [9.17, 15) is 13.5 Å². The van der Waals surface area contributed by atoms with Gasteiger partial charge in [-0.3, -0.25) is 0 Å². The molecule has 0 radical (unpaired) electrons. The number of ether oxygens (including phenoxy) is 1. The highest BCUT2D eigenvalue weighted by Gasteiger charge is 2.22. The standard InChI is InChI=1S/C12H19NO4S/c1-9-5-6-10(17-4)11(7-9)18(15,16)13-8-12(2,3)14/h5-7,13-14H,8H2,1-4H3. The quantitative estimate of drug-likeness (QED) is 0.841. The van der Waals surface area contributed by atoms with Gasteiger partial charge in [-0.1, -0.05) is 6.07 Å². The lowest BCUT2D eigenvalue weighted by atomic mass is 10.1. The summed E-state index contributed by atoms with van der Waals surface area (Å²) in [6.07, 6.45) is 0. The molecule has 0 bridgehead atoms. The van der Waals surface area contributed by atoms with Gasteiger partial charge in [0, 0.05) is 6.54 Å². The first-order valence-electron chi connectivity index (χ1n) is 5.52. The largest absolute Gasteiger partial charge is 0.495 e. The summed E-state index contributed by atoms with van der Waals surface area (Å²) in [4.78, 5) is 0.0780. The maximum Gasteiger partial charge on any atom is 0.244 e. The van der Waals surface area contributed by atoms with Crippen molar-refractivity contribution < 1.29 is 18.3 Å². The molecule has 18 heavy (non-hydrogen) atoms. The Balaban J connectivity index is 3.08. The average Bonchev–Trinajstić information content (AvgIpc) is 2.26. The lowest BCUT2D eigenvalue weighted by Gasteiger charge is -2.18. The number of aliphatic hydroxyl groups is 1. The van der Waals surface area contributed by atoms with Gasteiger partial charge in [-0.2, -0.15) is 0 Å². The average molecular weight is 273 g/mol. The Morgan fingerprint density at radius 2 is 2.00 bits per heavy atom. The predicted octanol–water partition coefficient (Wildman–Crippen LogP) is 1.05. The minimum absolute atomic E-state index is 0.0631. The van der Waals surface area contributed by atoms with Gasteiger partial charge in [-0.15, -0.1) is 0 Å². The first-order valence-corrected chi connectivity index (χ1v) is 7.01. The van der Waals surface area contributed by atoms with Crippen molar-refractivity contribution in [3.8, 4) is 5.75 Å². The summed E-state index contributed by atoms with van der Waals surface area (Å²) < 4.78 is 31.6. The van der Waals surface area contributed by atoms with Crippen molar-refractivity contribution >= 4 is 10.0 Å². The van der Waals surface area contributed by atoms with Gasteiger partial charge in [0.25, 0.3) is 0 Å². The van der Waals surface area contributed by atoms with Crippen LogP contribution in [0.3, 0.4) is 0 Å². The summed E-state index contributed by atoms with van der Waals surface area (Å²) in [6, 6.07) is 4.91. The molecular weight excluding hydrogens is 254 g/mol. The van der Waals surface area contributed by atoms with Crippen LogP contribution in [0.2, 0.25) is 0 Å². The molecule has 0 aliphatic rings. The lowest BCUT2D eigenvalue weighted by molar-refractivity contribution is 0.0857. The molecule has 0 amide bonds. The Labute approximate surface area is 108 Å². The van der Waals surface area contributed by atoms with Crippen molar-refractivity contribution in [1.82, 2.24) is 4.72 Å². The van der Waals surface area contributed by atoms with Crippen LogP contribution in [0.5, 0.6) is 5.75 Å². The van der Waals surface area contributed by atoms with Gasteiger partial charge in [0.15, 0.2) is 0 Å². The maximum atomic E-state index is 12.1. The molecule has 5 nitrogen and oxygen atoms in total. The zero-order valence-electron chi connectivity index (χ0n) is 11.0. The third-order valence-electron chi connectivity index (χ3n) is 2.30. The number of sulfonamides is 1. The van der Waals surface area contributed by atoms with Gasteiger partial charge < -0.3 is 9.84 Å². The van der Waals surface area contributed by atoms with Gasteiger partial charge in [0.2, 0.25) is 10.0 Å². The molecule has 0 saturated carbocycles. The van der Waals surface area contributed by atoms with Crippen molar-refractivity contribution in [3.05, 3.63) is 23.8 Å². The van der Waals surface area contributed by atoms with Crippen molar-refractivity contribution in [2.45, 2.75) is 31.3 Å². The van der Waals surface area contributed by atoms with E-state index in [1.54, 1.807) is 19.1 Å². The van der Waals surface area contributed by atoms with Crippen molar-refractivity contribution in [3.63, 3.8) is 0 Å². The molecule has 0 aliphatic heterocycles. The van der Waals surface area contributed by atoms with Crippen LogP contribution in [-0.4, -0.2) is 32.8 Å². The third-order valence-corrected chi connectivity index (χ3v) is 3.73. The fourth-order valence-electron chi connectivity index (χ4n) is 1.34. The summed E-state index contributed by atoms with van der Waals surface area (Å²) in [5, 5.41) is 9.55. The monoisotopic (exact) mass is 273 g/mol. The SMILES string of the molecule is COc1ccc(C)cc1S(=O)(=O)NCC(C)(C)O. The molecule has 2 N–H and O–H groups in total. The van der Waals surface area contributed by atoms with E-state index in [0.717, 1.165) is 5.56 Å². The molecular formula is C12H19NO4S. The molecule has 6 heteroatoms. The van der Waals surface area contributed by atoms with E-state index in [1.807, 2.05) is 0 Å². The zero-order chi connectivity index (χ0) is 14.0. The van der Waals surface area contributed by atoms with E-state index in [4.69, 9.17) is 4.74 Å². The fraction of sp³-hybridized carbons (Fsp3) is 0.500. The molecule has 1 aromatic carbocycles. The fourth-order valence-corrected chi connectivity index (χ4v) is 2.80. The Bertz CT molecular complexity index is 517. The summed E-state index contributed by atoms with van der Waals surface area (Å²) >= 11 is 0. The molecule has 0 aliphatic carbocycles. The number of methoxy groups -OCH3 is 1. The van der Waals surface area contributed by atoms with Gasteiger partial charge in [0.1, 0.15) is 10.6 Å². The molecule has 0 unspecified atom stereocenters. The van der Waals surface area contributed by atoms with Crippen LogP contribution >= 0.6 is 0 Å². The van der Waals surface area contributed by atoms with Gasteiger partial charge >= 0.3 is 0 Å². The highest BCUT2D eigenvalue weighted by molar-refractivity contribution is 7.89. The van der Waals surface area contributed by atoms with Crippen LogP contribution in [0.1, 0.15) is 19.4 Å². The number of aryl methyl sites for hydroxylation is 1. The smallest absolute Gasteiger partial charge is 0.244 e. The molecule has 0 atom stereocenters. The van der Waals surface area contributed by atoms with Crippen LogP contribution < -0.4 is 9.46 Å². The molecule has 1 aromatic rings. The van der Waals surface area contributed by atoms with E-state index in [0.29, 0.717) is 0 Å². The van der Waals surface area contributed by atoms with E-state index >= 15 is 0 Å². The minimum atomic E-state index is -3.69. The number of hydrogen-bond donors (Lipinski definition) is 2. The maximum absolute atomic E-state index is 12.1. The molecule has 0 aromatic heterocycles. The Morgan fingerprint density at radius 3 is 2.50 bits per heavy atom. The lowest BCUT2D eigenvalue weighted by Crippen LogP contribution is -2.38. The van der Waals surface area contributed by atoms with Crippen LogP contribution in [0.25, 0.3) is 0 Å². The van der Waals surface area contributed by atoms with Crippen molar-refractivity contribution in [2.24, 2.45) is 0 Å². The number of rotatable bonds is 5. The van der Waals surface area contributed by atoms with Crippen LogP contribution in [0, 0.1) is 6.92 Å². The predicted molar refractivity (Wildman–Crippen MR) is 69.2 cm³/mol. The second-order valence-electron chi connectivity index (χ2n) is 4.79. The van der Waals surface area contributed by atoms with Gasteiger partial charge in [0.05, 0.1) is 12.7 Å². The van der Waals surface area contributed by atoms with Gasteiger partial charge in [-0.25, -0.2) is 13.1 Å². The Kier molecular flexibility index (Phi) is 4.37. The van der Waals surface area contributed by atoms with Crippen LogP contribution in [0.4, 0.5) is 0 Å². The van der Waals surface area contributed by atoms with Crippen LogP contribution in [-0.2, 0) is 10.0 Å². The normalized spacial score (nSPS) is 12.5. The summed E-state index contributed by atoms with van der Waals surface area (Å²) in [6.45, 7) is 4.80. The van der Waals surface area contributed by atoms with Crippen molar-refractivity contribution in [2.75, 3.05) is 13.7 Å². The highest BCUT2D eigenvalue weighted by atomic mass is 32.2. The van der Waals surface area contributed by atoms with E-state index in [-0.39, 0.29) is 17.2 Å². The second kappa shape index (κ2) is 5.26. The second-order valence-corrected chi connectivity index (χ2v) is 6.53. The molecule has 0 spiro atoms. The van der Waals surface area contributed by atoms with E-state index < -0.39 is 15.6 Å². The van der Waals surface area contributed by atoms with Crippen molar-refractivity contribution in [1.29, 1.82) is 0 Å². The molecule has 0 fully saturated rings. The van der Waals surface area contributed by atoms with E-state index in [2.05, 4.69) is 4.72 Å². The van der Waals surface area contributed by atoms with E-state index in [1.165, 1.54) is 27.0 Å². The Hall–Kier alpha value is -1.11. The summed E-state index contributed by atoms with van der Waals surface area (Å²) in [5.41, 5.74) is -0.288. The number of benzene rings is 1. The number of hydrogen-bond acceptors (Lipinski definition) is 4. The highest BCUT2D eigenvalue weighted by Crippen LogP contribution is 2.24.